The summed E-state index contributed by atoms with van der Waals surface area (Å²) in [6.07, 6.45) is 8.25. The number of allylic oxidation sites excluding steroid dienone is 2. The van der Waals surface area contributed by atoms with Crippen molar-refractivity contribution in [3.63, 3.8) is 0 Å². The fourth-order valence-electron chi connectivity index (χ4n) is 2.79. The van der Waals surface area contributed by atoms with E-state index in [2.05, 4.69) is 46.8 Å². The van der Waals surface area contributed by atoms with Gasteiger partial charge in [-0.3, -0.25) is 0 Å². The van der Waals surface area contributed by atoms with Gasteiger partial charge in [0, 0.05) is 6.54 Å². The van der Waals surface area contributed by atoms with Crippen LogP contribution in [0.5, 0.6) is 0 Å². The number of para-hydroxylation sites is 1. The van der Waals surface area contributed by atoms with E-state index in [1.165, 1.54) is 35.9 Å². The molecule has 0 radical (unpaired) electrons. The average Bonchev–Trinajstić information content (AvgIpc) is 2.70. The Morgan fingerprint density at radius 3 is 3.06 bits per heavy atom. The van der Waals surface area contributed by atoms with E-state index < -0.39 is 0 Å². The van der Waals surface area contributed by atoms with Crippen LogP contribution in [0.1, 0.15) is 24.8 Å². The van der Waals surface area contributed by atoms with Gasteiger partial charge in [0.2, 0.25) is 0 Å². The molecule has 2 nitrogen and oxygen atoms in total. The van der Waals surface area contributed by atoms with Crippen molar-refractivity contribution in [3.05, 3.63) is 40.7 Å². The highest BCUT2D eigenvalue weighted by Crippen LogP contribution is 2.24. The quantitative estimate of drug-likeness (QED) is 0.627. The van der Waals surface area contributed by atoms with Gasteiger partial charge in [-0.1, -0.05) is 24.3 Å². The van der Waals surface area contributed by atoms with Crippen LogP contribution in [-0.2, 0) is 6.54 Å². The van der Waals surface area contributed by atoms with Crippen molar-refractivity contribution < 1.29 is 0 Å². The Bertz CT molecular complexity index is 648. The predicted molar refractivity (Wildman–Crippen MR) is 78.3 cm³/mol. The molecule has 0 saturated heterocycles. The Kier molecular flexibility index (Phi) is 3.08. The Morgan fingerprint density at radius 2 is 2.28 bits per heavy atom. The first kappa shape index (κ1) is 11.7. The number of nitrogens with zero attached hydrogens (tertiary/aromatic N) is 1. The summed E-state index contributed by atoms with van der Waals surface area (Å²) in [4.78, 5) is 3.34. The highest BCUT2D eigenvalue weighted by Gasteiger charge is 2.13. The van der Waals surface area contributed by atoms with Gasteiger partial charge in [0.05, 0.1) is 11.0 Å². The van der Waals surface area contributed by atoms with Crippen LogP contribution in [0.25, 0.3) is 11.0 Å². The number of rotatable bonds is 2. The highest BCUT2D eigenvalue weighted by molar-refractivity contribution is 7.71. The van der Waals surface area contributed by atoms with Crippen LogP contribution in [0.2, 0.25) is 0 Å². The van der Waals surface area contributed by atoms with Crippen LogP contribution in [0.4, 0.5) is 0 Å². The summed E-state index contributed by atoms with van der Waals surface area (Å²) < 4.78 is 3.12. The van der Waals surface area contributed by atoms with E-state index in [0.717, 1.165) is 17.2 Å². The van der Waals surface area contributed by atoms with Crippen molar-refractivity contribution in [1.82, 2.24) is 9.55 Å². The minimum atomic E-state index is 0.723. The molecule has 1 atom stereocenters. The minimum absolute atomic E-state index is 0.723. The molecule has 0 spiro atoms. The van der Waals surface area contributed by atoms with Crippen molar-refractivity contribution >= 4 is 23.3 Å². The van der Waals surface area contributed by atoms with E-state index in [4.69, 9.17) is 12.2 Å². The van der Waals surface area contributed by atoms with Gasteiger partial charge < -0.3 is 9.55 Å². The zero-order valence-corrected chi connectivity index (χ0v) is 11.5. The van der Waals surface area contributed by atoms with Gasteiger partial charge >= 0.3 is 0 Å². The SMILES string of the molecule is Cc1cccc2c1[nH]c(=S)n2CC1CC=CCC1. The molecule has 3 rings (SSSR count). The lowest BCUT2D eigenvalue weighted by molar-refractivity contribution is 0.413. The van der Waals surface area contributed by atoms with Crippen LogP contribution in [-0.4, -0.2) is 9.55 Å². The number of fused-ring (bicyclic) bond motifs is 1. The first-order chi connectivity index (χ1) is 8.75. The number of aromatic nitrogens is 2. The smallest absolute Gasteiger partial charge is 0.178 e. The van der Waals surface area contributed by atoms with E-state index in [1.54, 1.807) is 0 Å². The molecule has 1 N–H and O–H groups in total. The van der Waals surface area contributed by atoms with Gasteiger partial charge in [-0.25, -0.2) is 0 Å². The molecule has 18 heavy (non-hydrogen) atoms. The standard InChI is InChI=1S/C15H18N2S/c1-11-6-5-9-13-14(11)16-15(18)17(13)10-12-7-3-2-4-8-12/h2-3,5-6,9,12H,4,7-8,10H2,1H3,(H,16,18). The fourth-order valence-corrected chi connectivity index (χ4v) is 3.06. The molecule has 1 aromatic carbocycles. The van der Waals surface area contributed by atoms with Crippen LogP contribution < -0.4 is 0 Å². The lowest BCUT2D eigenvalue weighted by atomic mass is 9.94. The summed E-state index contributed by atoms with van der Waals surface area (Å²) in [5, 5.41) is 0. The van der Waals surface area contributed by atoms with Crippen molar-refractivity contribution in [1.29, 1.82) is 0 Å². The molecule has 2 aromatic rings. The largest absolute Gasteiger partial charge is 0.330 e. The number of imidazole rings is 1. The molecule has 1 heterocycles. The summed E-state index contributed by atoms with van der Waals surface area (Å²) in [6, 6.07) is 6.39. The third-order valence-corrected chi connectivity index (χ3v) is 4.16. The second-order valence-corrected chi connectivity index (χ2v) is 5.55. The lowest BCUT2D eigenvalue weighted by Crippen LogP contribution is -2.12. The normalized spacial score (nSPS) is 19.5. The zero-order valence-electron chi connectivity index (χ0n) is 10.6. The molecule has 1 unspecified atom stereocenters. The molecule has 0 amide bonds. The monoisotopic (exact) mass is 258 g/mol. The number of benzene rings is 1. The molecule has 1 aliphatic rings. The molecule has 0 saturated carbocycles. The van der Waals surface area contributed by atoms with Gasteiger partial charge in [-0.05, 0) is 56.0 Å². The number of nitrogens with one attached hydrogen (secondary N) is 1. The van der Waals surface area contributed by atoms with Gasteiger partial charge in [0.1, 0.15) is 0 Å². The molecule has 0 aliphatic heterocycles. The van der Waals surface area contributed by atoms with Gasteiger partial charge in [-0.2, -0.15) is 0 Å². The highest BCUT2D eigenvalue weighted by atomic mass is 32.1. The maximum absolute atomic E-state index is 5.47. The molecule has 1 aliphatic carbocycles. The van der Waals surface area contributed by atoms with E-state index in [9.17, 15) is 0 Å². The van der Waals surface area contributed by atoms with Gasteiger partial charge in [0.15, 0.2) is 4.77 Å². The Morgan fingerprint density at radius 1 is 1.39 bits per heavy atom. The summed E-state index contributed by atoms with van der Waals surface area (Å²) in [6.45, 7) is 3.16. The maximum Gasteiger partial charge on any atom is 0.178 e. The van der Waals surface area contributed by atoms with Crippen molar-refractivity contribution in [2.45, 2.75) is 32.7 Å². The Balaban J connectivity index is 2.01. The van der Waals surface area contributed by atoms with Crippen LogP contribution in [0, 0.1) is 17.6 Å². The van der Waals surface area contributed by atoms with Crippen molar-refractivity contribution in [2.24, 2.45) is 5.92 Å². The molecule has 3 heteroatoms. The van der Waals surface area contributed by atoms with Crippen LogP contribution >= 0.6 is 12.2 Å². The van der Waals surface area contributed by atoms with Crippen LogP contribution in [0.15, 0.2) is 30.4 Å². The summed E-state index contributed by atoms with van der Waals surface area (Å²) in [7, 11) is 0. The summed E-state index contributed by atoms with van der Waals surface area (Å²) >= 11 is 5.47. The molecule has 94 valence electrons. The second-order valence-electron chi connectivity index (χ2n) is 5.16. The zero-order chi connectivity index (χ0) is 12.5. The first-order valence-electron chi connectivity index (χ1n) is 6.59. The molecule has 0 fully saturated rings. The number of H-pyrrole nitrogens is 1. The van der Waals surface area contributed by atoms with Crippen molar-refractivity contribution in [3.8, 4) is 0 Å². The topological polar surface area (TPSA) is 20.7 Å². The Hall–Kier alpha value is -1.35. The fraction of sp³-hybridized carbons (Fsp3) is 0.400. The first-order valence-corrected chi connectivity index (χ1v) is 6.99. The number of aryl methyl sites for hydroxylation is 1. The molecule has 1 aromatic heterocycles. The van der Waals surface area contributed by atoms with Gasteiger partial charge in [0.25, 0.3) is 0 Å². The summed E-state index contributed by atoms with van der Waals surface area (Å²) in [5.74, 6) is 0.723. The number of aromatic amines is 1. The predicted octanol–water partition coefficient (Wildman–Crippen LogP) is 4.36. The van der Waals surface area contributed by atoms with Crippen LogP contribution in [0.3, 0.4) is 0 Å². The second kappa shape index (κ2) is 4.73. The Labute approximate surface area is 112 Å². The van der Waals surface area contributed by atoms with E-state index in [-0.39, 0.29) is 0 Å². The summed E-state index contributed by atoms with van der Waals surface area (Å²) in [5.41, 5.74) is 3.70. The molecular formula is C15H18N2S. The van der Waals surface area contributed by atoms with E-state index in [0.29, 0.717) is 0 Å². The van der Waals surface area contributed by atoms with E-state index in [1.807, 2.05) is 0 Å². The van der Waals surface area contributed by atoms with Gasteiger partial charge in [-0.15, -0.1) is 0 Å². The minimum Gasteiger partial charge on any atom is -0.330 e. The molecular weight excluding hydrogens is 240 g/mol. The maximum atomic E-state index is 5.47. The number of hydrogen-bond donors (Lipinski definition) is 1. The lowest BCUT2D eigenvalue weighted by Gasteiger charge is -2.18. The van der Waals surface area contributed by atoms with Crippen molar-refractivity contribution in [2.75, 3.05) is 0 Å². The molecule has 0 bridgehead atoms. The third kappa shape index (κ3) is 2.03. The number of hydrogen-bond acceptors (Lipinski definition) is 1. The third-order valence-electron chi connectivity index (χ3n) is 3.84. The van der Waals surface area contributed by atoms with E-state index >= 15 is 0 Å². The average molecular weight is 258 g/mol.